The summed E-state index contributed by atoms with van der Waals surface area (Å²) < 4.78 is 0. The Morgan fingerprint density at radius 2 is 1.87 bits per heavy atom. The zero-order chi connectivity index (χ0) is 22.3. The molecular weight excluding hydrogens is 384 g/mol. The number of carboxylic acids is 1. The Morgan fingerprint density at radius 3 is 2.53 bits per heavy atom. The molecule has 1 atom stereocenters. The first kappa shape index (κ1) is 23.1. The number of benzene rings is 1. The first-order chi connectivity index (χ1) is 14.1. The highest BCUT2D eigenvalue weighted by atomic mass is 16.4. The van der Waals surface area contributed by atoms with Crippen molar-refractivity contribution in [3.8, 4) is 0 Å². The molecule has 0 aliphatic carbocycles. The minimum absolute atomic E-state index is 0.0180. The number of nitrogens with zero attached hydrogens (tertiary/aromatic N) is 1. The molecular formula is C22H30N4O4. The summed E-state index contributed by atoms with van der Waals surface area (Å²) in [6.07, 6.45) is 3.97. The van der Waals surface area contributed by atoms with Gasteiger partial charge in [-0.2, -0.15) is 0 Å². The summed E-state index contributed by atoms with van der Waals surface area (Å²) in [7, 11) is 0. The van der Waals surface area contributed by atoms with Gasteiger partial charge in [-0.05, 0) is 37.3 Å². The molecule has 4 N–H and O–H groups in total. The lowest BCUT2D eigenvalue weighted by molar-refractivity contribution is 0.0698. The quantitative estimate of drug-likeness (QED) is 0.483. The number of carboxylic acid groups (broad SMARTS) is 1. The Balaban J connectivity index is 2.04. The molecule has 0 aliphatic rings. The smallest absolute Gasteiger partial charge is 0.337 e. The Bertz CT molecular complexity index is 952. The second-order valence-electron chi connectivity index (χ2n) is 8.15. The van der Waals surface area contributed by atoms with Gasteiger partial charge in [0.25, 0.3) is 5.56 Å². The predicted molar refractivity (Wildman–Crippen MR) is 117 cm³/mol. The van der Waals surface area contributed by atoms with Gasteiger partial charge in [-0.25, -0.2) is 14.6 Å². The first-order valence-corrected chi connectivity index (χ1v) is 10.2. The van der Waals surface area contributed by atoms with Crippen molar-refractivity contribution >= 4 is 23.6 Å². The zero-order valence-electron chi connectivity index (χ0n) is 17.9. The molecule has 0 saturated carbocycles. The van der Waals surface area contributed by atoms with Crippen LogP contribution in [-0.4, -0.2) is 27.1 Å². The van der Waals surface area contributed by atoms with Crippen LogP contribution < -0.4 is 16.2 Å². The molecule has 1 aromatic carbocycles. The maximum Gasteiger partial charge on any atom is 0.337 e. The molecule has 0 aliphatic heterocycles. The number of hydrogen-bond donors (Lipinski definition) is 4. The van der Waals surface area contributed by atoms with Gasteiger partial charge in [0.1, 0.15) is 0 Å². The summed E-state index contributed by atoms with van der Waals surface area (Å²) in [5, 5.41) is 14.3. The molecule has 0 saturated heterocycles. The Kier molecular flexibility index (Phi) is 8.15. The van der Waals surface area contributed by atoms with Gasteiger partial charge in [0.2, 0.25) is 5.95 Å². The summed E-state index contributed by atoms with van der Waals surface area (Å²) in [4.78, 5) is 42.5. The second-order valence-corrected chi connectivity index (χ2v) is 8.15. The molecule has 162 valence electrons. The van der Waals surface area contributed by atoms with E-state index in [1.165, 1.54) is 18.2 Å². The summed E-state index contributed by atoms with van der Waals surface area (Å²) in [6.45, 7) is 8.28. The van der Waals surface area contributed by atoms with Crippen LogP contribution in [0.25, 0.3) is 0 Å². The number of aromatic amines is 1. The van der Waals surface area contributed by atoms with Crippen LogP contribution in [0, 0.1) is 18.8 Å². The van der Waals surface area contributed by atoms with E-state index >= 15 is 0 Å². The van der Waals surface area contributed by atoms with Gasteiger partial charge in [-0.1, -0.05) is 51.7 Å². The number of nitrogens with one attached hydrogen (secondary N) is 3. The van der Waals surface area contributed by atoms with Gasteiger partial charge in [0, 0.05) is 6.07 Å². The number of rotatable bonds is 9. The molecule has 0 bridgehead atoms. The number of amides is 2. The van der Waals surface area contributed by atoms with Crippen LogP contribution in [-0.2, 0) is 6.42 Å². The van der Waals surface area contributed by atoms with E-state index in [1.807, 2.05) is 0 Å². The highest BCUT2D eigenvalue weighted by Gasteiger charge is 2.14. The number of carbonyl (C=O) groups is 2. The summed E-state index contributed by atoms with van der Waals surface area (Å²) >= 11 is 0. The molecule has 0 spiro atoms. The lowest BCUT2D eigenvalue weighted by Crippen LogP contribution is -2.24. The third-order valence-electron chi connectivity index (χ3n) is 4.72. The second kappa shape index (κ2) is 10.6. The molecule has 1 aromatic heterocycles. The summed E-state index contributed by atoms with van der Waals surface area (Å²) in [6, 6.07) is 5.43. The van der Waals surface area contributed by atoms with Crippen LogP contribution in [0.2, 0.25) is 0 Å². The van der Waals surface area contributed by atoms with Crippen molar-refractivity contribution in [2.45, 2.75) is 53.4 Å². The predicted octanol–water partition coefficient (Wildman–Crippen LogP) is 4.43. The van der Waals surface area contributed by atoms with Gasteiger partial charge >= 0.3 is 12.0 Å². The fourth-order valence-corrected chi connectivity index (χ4v) is 3.21. The Labute approximate surface area is 176 Å². The first-order valence-electron chi connectivity index (χ1n) is 10.2. The highest BCUT2D eigenvalue weighted by molar-refractivity contribution is 6.04. The van der Waals surface area contributed by atoms with Crippen LogP contribution >= 0.6 is 0 Å². The fourth-order valence-electron chi connectivity index (χ4n) is 3.21. The highest BCUT2D eigenvalue weighted by Crippen LogP contribution is 2.18. The number of aryl methyl sites for hydroxylation is 1. The van der Waals surface area contributed by atoms with Crippen LogP contribution in [0.1, 0.15) is 61.6 Å². The van der Waals surface area contributed by atoms with E-state index in [-0.39, 0.29) is 22.8 Å². The van der Waals surface area contributed by atoms with Crippen molar-refractivity contribution in [3.63, 3.8) is 0 Å². The lowest BCUT2D eigenvalue weighted by Gasteiger charge is -2.13. The standard InChI is InChI=1S/C22H30N4O4/c1-13(2)6-5-7-14(3)10-16-12-19(27)25-21(23-16)26-22(30)24-18-9-8-15(4)11-17(18)20(28)29/h8-9,11-14H,5-7,10H2,1-4H3,(H,28,29)(H3,23,24,25,26,27,30)/t14-/m0/s1. The third kappa shape index (κ3) is 7.35. The van der Waals surface area contributed by atoms with E-state index in [2.05, 4.69) is 41.4 Å². The molecule has 8 nitrogen and oxygen atoms in total. The molecule has 2 aromatic rings. The van der Waals surface area contributed by atoms with Gasteiger partial charge in [-0.15, -0.1) is 0 Å². The number of hydrogen-bond acceptors (Lipinski definition) is 4. The Hall–Kier alpha value is -3.16. The average molecular weight is 415 g/mol. The maximum atomic E-state index is 12.3. The number of aromatic carboxylic acids is 1. The normalized spacial score (nSPS) is 11.9. The van der Waals surface area contributed by atoms with Crippen molar-refractivity contribution < 1.29 is 14.7 Å². The average Bonchev–Trinajstić information content (AvgIpc) is 2.62. The topological polar surface area (TPSA) is 124 Å². The van der Waals surface area contributed by atoms with Gasteiger partial charge in [-0.3, -0.25) is 15.1 Å². The van der Waals surface area contributed by atoms with Crippen LogP contribution in [0.3, 0.4) is 0 Å². The number of aromatic nitrogens is 2. The molecule has 0 radical (unpaired) electrons. The third-order valence-corrected chi connectivity index (χ3v) is 4.72. The summed E-state index contributed by atoms with van der Waals surface area (Å²) in [5.74, 6) is -0.0906. The minimum Gasteiger partial charge on any atom is -0.478 e. The van der Waals surface area contributed by atoms with E-state index < -0.39 is 12.0 Å². The molecule has 0 fully saturated rings. The maximum absolute atomic E-state index is 12.3. The minimum atomic E-state index is -1.14. The zero-order valence-corrected chi connectivity index (χ0v) is 17.9. The molecule has 1 heterocycles. The van der Waals surface area contributed by atoms with Crippen LogP contribution in [0.4, 0.5) is 16.4 Å². The van der Waals surface area contributed by atoms with Crippen LogP contribution in [0.15, 0.2) is 29.1 Å². The van der Waals surface area contributed by atoms with Crippen molar-refractivity contribution in [2.24, 2.45) is 11.8 Å². The van der Waals surface area contributed by atoms with Gasteiger partial charge < -0.3 is 10.4 Å². The van der Waals surface area contributed by atoms with E-state index in [9.17, 15) is 19.5 Å². The number of H-pyrrole nitrogens is 1. The molecule has 8 heteroatoms. The summed E-state index contributed by atoms with van der Waals surface area (Å²) in [5.41, 5.74) is 1.15. The number of carbonyl (C=O) groups excluding carboxylic acids is 1. The van der Waals surface area contributed by atoms with E-state index in [1.54, 1.807) is 13.0 Å². The van der Waals surface area contributed by atoms with Crippen molar-refractivity contribution in [3.05, 3.63) is 51.4 Å². The van der Waals surface area contributed by atoms with Gasteiger partial charge in [0.05, 0.1) is 16.9 Å². The van der Waals surface area contributed by atoms with Crippen molar-refractivity contribution in [1.82, 2.24) is 9.97 Å². The number of urea groups is 1. The lowest BCUT2D eigenvalue weighted by atomic mass is 9.96. The largest absolute Gasteiger partial charge is 0.478 e. The molecule has 30 heavy (non-hydrogen) atoms. The SMILES string of the molecule is Cc1ccc(NC(=O)Nc2nc(C[C@@H](C)CCCC(C)C)cc(=O)[nH]2)c(C(=O)O)c1. The van der Waals surface area contributed by atoms with Crippen molar-refractivity contribution in [1.29, 1.82) is 0 Å². The van der Waals surface area contributed by atoms with E-state index in [0.717, 1.165) is 24.8 Å². The molecule has 0 unspecified atom stereocenters. The van der Waals surface area contributed by atoms with E-state index in [0.29, 0.717) is 24.0 Å². The Morgan fingerprint density at radius 1 is 1.13 bits per heavy atom. The molecule has 2 rings (SSSR count). The number of anilines is 2. The van der Waals surface area contributed by atoms with Crippen molar-refractivity contribution in [2.75, 3.05) is 10.6 Å². The molecule has 2 amide bonds. The fraction of sp³-hybridized carbons (Fsp3) is 0.455. The monoisotopic (exact) mass is 414 g/mol. The van der Waals surface area contributed by atoms with E-state index in [4.69, 9.17) is 0 Å². The van der Waals surface area contributed by atoms with Crippen LogP contribution in [0.5, 0.6) is 0 Å². The van der Waals surface area contributed by atoms with Gasteiger partial charge in [0.15, 0.2) is 0 Å².